The van der Waals surface area contributed by atoms with Crippen LogP contribution in [0, 0.1) is 0 Å². The summed E-state index contributed by atoms with van der Waals surface area (Å²) in [5.74, 6) is 0.803. The van der Waals surface area contributed by atoms with Crippen molar-refractivity contribution in [3.8, 4) is 5.75 Å². The minimum atomic E-state index is 0.0671. The molecule has 1 saturated heterocycles. The maximum Gasteiger partial charge on any atom is 0.260 e. The minimum absolute atomic E-state index is 0.0671. The van der Waals surface area contributed by atoms with E-state index in [0.29, 0.717) is 6.04 Å². The van der Waals surface area contributed by atoms with Crippen LogP contribution in [0.4, 0.5) is 0 Å². The minimum Gasteiger partial charge on any atom is -0.484 e. The van der Waals surface area contributed by atoms with Crippen LogP contribution in [0.2, 0.25) is 0 Å². The van der Waals surface area contributed by atoms with Gasteiger partial charge in [0.2, 0.25) is 0 Å². The van der Waals surface area contributed by atoms with Crippen LogP contribution >= 0.6 is 15.9 Å². The highest BCUT2D eigenvalue weighted by Gasteiger charge is 2.24. The molecule has 3 rings (SSSR count). The SMILES string of the molecule is CN(C)C1CCCN(C(=O)COc2ccc3cc(Br)ccc3c2)C1. The molecule has 0 aromatic heterocycles. The van der Waals surface area contributed by atoms with Crippen LogP contribution in [0.3, 0.4) is 0 Å². The smallest absolute Gasteiger partial charge is 0.260 e. The van der Waals surface area contributed by atoms with Gasteiger partial charge in [-0.25, -0.2) is 0 Å². The van der Waals surface area contributed by atoms with E-state index in [0.717, 1.165) is 46.9 Å². The summed E-state index contributed by atoms with van der Waals surface area (Å²) in [5, 5.41) is 2.25. The van der Waals surface area contributed by atoms with E-state index in [2.05, 4.69) is 41.0 Å². The lowest BCUT2D eigenvalue weighted by Crippen LogP contribution is -2.48. The number of hydrogen-bond acceptors (Lipinski definition) is 3. The van der Waals surface area contributed by atoms with Crippen molar-refractivity contribution in [2.75, 3.05) is 33.8 Å². The molecule has 128 valence electrons. The van der Waals surface area contributed by atoms with E-state index in [9.17, 15) is 4.79 Å². The van der Waals surface area contributed by atoms with Crippen LogP contribution in [0.5, 0.6) is 5.75 Å². The molecule has 4 nitrogen and oxygen atoms in total. The fourth-order valence-electron chi connectivity index (χ4n) is 3.12. The summed E-state index contributed by atoms with van der Waals surface area (Å²) in [6.07, 6.45) is 2.21. The van der Waals surface area contributed by atoms with Gasteiger partial charge in [0.1, 0.15) is 5.75 Å². The van der Waals surface area contributed by atoms with Crippen molar-refractivity contribution >= 4 is 32.6 Å². The average molecular weight is 391 g/mol. The molecule has 5 heteroatoms. The number of amides is 1. The van der Waals surface area contributed by atoms with Crippen LogP contribution < -0.4 is 4.74 Å². The predicted octanol–water partition coefficient (Wildman–Crippen LogP) is 3.53. The zero-order valence-corrected chi connectivity index (χ0v) is 15.8. The summed E-state index contributed by atoms with van der Waals surface area (Å²) in [5.41, 5.74) is 0. The second kappa shape index (κ2) is 7.53. The number of rotatable bonds is 4. The Labute approximate surface area is 151 Å². The zero-order chi connectivity index (χ0) is 17.1. The van der Waals surface area contributed by atoms with E-state index in [4.69, 9.17) is 4.74 Å². The van der Waals surface area contributed by atoms with Crippen LogP contribution in [0.1, 0.15) is 12.8 Å². The Morgan fingerprint density at radius 3 is 2.79 bits per heavy atom. The number of likely N-dealkylation sites (tertiary alicyclic amines) is 1. The molecule has 1 aliphatic rings. The predicted molar refractivity (Wildman–Crippen MR) is 100 cm³/mol. The van der Waals surface area contributed by atoms with Crippen molar-refractivity contribution in [1.82, 2.24) is 9.80 Å². The molecule has 0 radical (unpaired) electrons. The molecular formula is C19H23BrN2O2. The standard InChI is InChI=1S/C19H23BrN2O2/c1-21(2)17-4-3-9-22(12-17)19(23)13-24-18-8-6-14-10-16(20)7-5-15(14)11-18/h5-8,10-11,17H,3-4,9,12-13H2,1-2H3. The van der Waals surface area contributed by atoms with Gasteiger partial charge in [-0.15, -0.1) is 0 Å². The third-order valence-electron chi connectivity index (χ3n) is 4.62. The average Bonchev–Trinajstić information content (AvgIpc) is 2.59. The molecular weight excluding hydrogens is 368 g/mol. The number of benzene rings is 2. The van der Waals surface area contributed by atoms with Crippen LogP contribution in [-0.2, 0) is 4.79 Å². The molecule has 1 aliphatic heterocycles. The molecule has 1 amide bonds. The first-order chi connectivity index (χ1) is 11.5. The van der Waals surface area contributed by atoms with Gasteiger partial charge in [0.05, 0.1) is 0 Å². The largest absolute Gasteiger partial charge is 0.484 e. The highest BCUT2D eigenvalue weighted by molar-refractivity contribution is 9.10. The highest BCUT2D eigenvalue weighted by atomic mass is 79.9. The molecule has 2 aromatic carbocycles. The molecule has 1 unspecified atom stereocenters. The molecule has 0 aliphatic carbocycles. The molecule has 0 bridgehead atoms. The van der Waals surface area contributed by atoms with Crippen molar-refractivity contribution in [3.63, 3.8) is 0 Å². The summed E-state index contributed by atoms with van der Waals surface area (Å²) in [6.45, 7) is 1.72. The van der Waals surface area contributed by atoms with Crippen molar-refractivity contribution in [1.29, 1.82) is 0 Å². The number of carbonyl (C=O) groups excluding carboxylic acids is 1. The van der Waals surface area contributed by atoms with Crippen molar-refractivity contribution < 1.29 is 9.53 Å². The molecule has 0 N–H and O–H groups in total. The Morgan fingerprint density at radius 2 is 2.00 bits per heavy atom. The van der Waals surface area contributed by atoms with Crippen LogP contribution in [0.15, 0.2) is 40.9 Å². The quantitative estimate of drug-likeness (QED) is 0.800. The van der Waals surface area contributed by atoms with Crippen molar-refractivity contribution in [2.45, 2.75) is 18.9 Å². The number of hydrogen-bond donors (Lipinski definition) is 0. The second-order valence-corrected chi connectivity index (χ2v) is 7.46. The monoisotopic (exact) mass is 390 g/mol. The number of carbonyl (C=O) groups is 1. The Bertz CT molecular complexity index is 732. The summed E-state index contributed by atoms with van der Waals surface area (Å²) in [6, 6.07) is 12.5. The molecule has 2 aromatic rings. The third-order valence-corrected chi connectivity index (χ3v) is 5.11. The number of nitrogens with zero attached hydrogens (tertiary/aromatic N) is 2. The lowest BCUT2D eigenvalue weighted by molar-refractivity contribution is -0.135. The van der Waals surface area contributed by atoms with Gasteiger partial charge in [-0.2, -0.15) is 0 Å². The lowest BCUT2D eigenvalue weighted by atomic mass is 10.1. The Kier molecular flexibility index (Phi) is 5.41. The van der Waals surface area contributed by atoms with Gasteiger partial charge in [0.15, 0.2) is 6.61 Å². The normalized spacial score (nSPS) is 18.2. The Balaban J connectivity index is 1.60. The van der Waals surface area contributed by atoms with Crippen molar-refractivity contribution in [3.05, 3.63) is 40.9 Å². The van der Waals surface area contributed by atoms with E-state index in [1.165, 1.54) is 0 Å². The number of fused-ring (bicyclic) bond motifs is 1. The second-order valence-electron chi connectivity index (χ2n) is 6.54. The fraction of sp³-hybridized carbons (Fsp3) is 0.421. The first-order valence-corrected chi connectivity index (χ1v) is 9.08. The first-order valence-electron chi connectivity index (χ1n) is 8.29. The first kappa shape index (κ1) is 17.2. The van der Waals surface area contributed by atoms with E-state index >= 15 is 0 Å². The summed E-state index contributed by atoms with van der Waals surface area (Å²) >= 11 is 3.47. The zero-order valence-electron chi connectivity index (χ0n) is 14.2. The summed E-state index contributed by atoms with van der Waals surface area (Å²) in [7, 11) is 4.14. The van der Waals surface area contributed by atoms with Gasteiger partial charge in [0, 0.05) is 23.6 Å². The number of ether oxygens (including phenoxy) is 1. The van der Waals surface area contributed by atoms with Crippen LogP contribution in [-0.4, -0.2) is 55.5 Å². The molecule has 1 fully saturated rings. The molecule has 1 heterocycles. The van der Waals surface area contributed by atoms with Gasteiger partial charge in [-0.3, -0.25) is 4.79 Å². The van der Waals surface area contributed by atoms with E-state index in [1.54, 1.807) is 0 Å². The molecule has 24 heavy (non-hydrogen) atoms. The van der Waals surface area contributed by atoms with Gasteiger partial charge in [-0.05, 0) is 62.0 Å². The Morgan fingerprint density at radius 1 is 1.25 bits per heavy atom. The van der Waals surface area contributed by atoms with Gasteiger partial charge >= 0.3 is 0 Å². The van der Waals surface area contributed by atoms with Gasteiger partial charge < -0.3 is 14.5 Å². The summed E-state index contributed by atoms with van der Waals surface area (Å²) < 4.78 is 6.79. The fourth-order valence-corrected chi connectivity index (χ4v) is 3.50. The molecule has 1 atom stereocenters. The van der Waals surface area contributed by atoms with E-state index < -0.39 is 0 Å². The van der Waals surface area contributed by atoms with E-state index in [-0.39, 0.29) is 12.5 Å². The number of likely N-dealkylation sites (N-methyl/N-ethyl adjacent to an activating group) is 1. The van der Waals surface area contributed by atoms with Gasteiger partial charge in [0.25, 0.3) is 5.91 Å². The highest BCUT2D eigenvalue weighted by Crippen LogP contribution is 2.24. The van der Waals surface area contributed by atoms with Crippen molar-refractivity contribution in [2.24, 2.45) is 0 Å². The van der Waals surface area contributed by atoms with Gasteiger partial charge in [-0.1, -0.05) is 28.1 Å². The maximum absolute atomic E-state index is 12.4. The van der Waals surface area contributed by atoms with E-state index in [1.807, 2.05) is 35.2 Å². The number of halogens is 1. The summed E-state index contributed by atoms with van der Waals surface area (Å²) in [4.78, 5) is 16.5. The van der Waals surface area contributed by atoms with Crippen LogP contribution in [0.25, 0.3) is 10.8 Å². The lowest BCUT2D eigenvalue weighted by Gasteiger charge is -2.36. The molecule has 0 spiro atoms. The maximum atomic E-state index is 12.4. The third kappa shape index (κ3) is 4.08. The Hall–Kier alpha value is -1.59. The number of piperidine rings is 1. The topological polar surface area (TPSA) is 32.8 Å². The molecule has 0 saturated carbocycles.